The minimum absolute atomic E-state index is 0.0748. The molecule has 0 bridgehead atoms. The summed E-state index contributed by atoms with van der Waals surface area (Å²) in [7, 11) is 0. The highest BCUT2D eigenvalue weighted by Crippen LogP contribution is 2.30. The number of piperidine rings is 1. The van der Waals surface area contributed by atoms with Crippen LogP contribution in [0, 0.1) is 11.8 Å². The second-order valence-corrected chi connectivity index (χ2v) is 6.04. The maximum absolute atomic E-state index is 12.0. The van der Waals surface area contributed by atoms with Crippen LogP contribution in [0.15, 0.2) is 0 Å². The maximum Gasteiger partial charge on any atom is 0.237 e. The zero-order valence-electron chi connectivity index (χ0n) is 11.7. The first-order valence-electron chi connectivity index (χ1n) is 7.80. The smallest absolute Gasteiger partial charge is 0.237 e. The molecule has 3 heteroatoms. The fraction of sp³-hybridized carbons (Fsp3) is 0.933. The van der Waals surface area contributed by atoms with Gasteiger partial charge >= 0.3 is 0 Å². The summed E-state index contributed by atoms with van der Waals surface area (Å²) < 4.78 is 0. The van der Waals surface area contributed by atoms with Crippen molar-refractivity contribution in [1.82, 2.24) is 10.6 Å². The molecule has 1 aliphatic heterocycles. The van der Waals surface area contributed by atoms with Crippen LogP contribution in [-0.4, -0.2) is 25.0 Å². The average Bonchev–Trinajstić information content (AvgIpc) is 2.46. The number of carbonyl (C=O) groups excluding carboxylic acids is 1. The van der Waals surface area contributed by atoms with Crippen LogP contribution in [0.5, 0.6) is 0 Å². The highest BCUT2D eigenvalue weighted by Gasteiger charge is 2.23. The van der Waals surface area contributed by atoms with Gasteiger partial charge in [-0.3, -0.25) is 4.79 Å². The van der Waals surface area contributed by atoms with Crippen molar-refractivity contribution in [3.05, 3.63) is 0 Å². The van der Waals surface area contributed by atoms with Crippen molar-refractivity contribution in [1.29, 1.82) is 0 Å². The molecule has 3 nitrogen and oxygen atoms in total. The Balaban J connectivity index is 1.63. The first-order valence-corrected chi connectivity index (χ1v) is 7.80. The van der Waals surface area contributed by atoms with E-state index in [1.54, 1.807) is 0 Å². The third-order valence-electron chi connectivity index (χ3n) is 4.74. The van der Waals surface area contributed by atoms with Gasteiger partial charge in [0.2, 0.25) is 5.91 Å². The predicted octanol–water partition coefficient (Wildman–Crippen LogP) is 2.46. The van der Waals surface area contributed by atoms with Gasteiger partial charge in [0.15, 0.2) is 0 Å². The van der Waals surface area contributed by atoms with E-state index in [1.807, 2.05) is 0 Å². The Morgan fingerprint density at radius 3 is 2.44 bits per heavy atom. The Morgan fingerprint density at radius 2 is 1.83 bits per heavy atom. The van der Waals surface area contributed by atoms with Crippen molar-refractivity contribution >= 4 is 5.91 Å². The summed E-state index contributed by atoms with van der Waals surface area (Å²) in [5.74, 6) is 1.89. The summed E-state index contributed by atoms with van der Waals surface area (Å²) in [6, 6.07) is 0.0748. The first-order chi connectivity index (χ1) is 8.79. The summed E-state index contributed by atoms with van der Waals surface area (Å²) in [6.07, 6.45) is 10.1. The lowest BCUT2D eigenvalue weighted by atomic mass is 9.81. The average molecular weight is 252 g/mol. The van der Waals surface area contributed by atoms with Crippen molar-refractivity contribution in [3.8, 4) is 0 Å². The van der Waals surface area contributed by atoms with Gasteiger partial charge in [0.1, 0.15) is 0 Å². The van der Waals surface area contributed by atoms with Crippen LogP contribution in [0.4, 0.5) is 0 Å². The molecular weight excluding hydrogens is 224 g/mol. The van der Waals surface area contributed by atoms with Gasteiger partial charge in [-0.05, 0) is 44.1 Å². The number of hydrogen-bond donors (Lipinski definition) is 2. The highest BCUT2D eigenvalue weighted by molar-refractivity contribution is 5.81. The molecule has 0 unspecified atom stereocenters. The van der Waals surface area contributed by atoms with E-state index in [0.717, 1.165) is 31.3 Å². The Morgan fingerprint density at radius 1 is 1.11 bits per heavy atom. The number of hydrogen-bond acceptors (Lipinski definition) is 2. The van der Waals surface area contributed by atoms with E-state index in [-0.39, 0.29) is 11.9 Å². The number of nitrogens with one attached hydrogen (secondary N) is 2. The molecule has 18 heavy (non-hydrogen) atoms. The predicted molar refractivity (Wildman–Crippen MR) is 74.4 cm³/mol. The van der Waals surface area contributed by atoms with Gasteiger partial charge in [-0.2, -0.15) is 0 Å². The van der Waals surface area contributed by atoms with Crippen LogP contribution >= 0.6 is 0 Å². The topological polar surface area (TPSA) is 41.1 Å². The molecule has 1 heterocycles. The molecule has 0 aromatic carbocycles. The van der Waals surface area contributed by atoms with Gasteiger partial charge in [0, 0.05) is 6.54 Å². The van der Waals surface area contributed by atoms with Gasteiger partial charge in [-0.1, -0.05) is 32.6 Å². The summed E-state index contributed by atoms with van der Waals surface area (Å²) in [5.41, 5.74) is 0. The third kappa shape index (κ3) is 3.98. The van der Waals surface area contributed by atoms with E-state index in [0.29, 0.717) is 0 Å². The third-order valence-corrected chi connectivity index (χ3v) is 4.74. The first kappa shape index (κ1) is 13.9. The SMILES string of the molecule is CCC1CCC(CNC(=O)[C@@H]2CCCCN2)CC1. The quantitative estimate of drug-likeness (QED) is 0.807. The van der Waals surface area contributed by atoms with E-state index in [4.69, 9.17) is 0 Å². The summed E-state index contributed by atoms with van der Waals surface area (Å²) in [5, 5.41) is 6.46. The summed E-state index contributed by atoms with van der Waals surface area (Å²) >= 11 is 0. The zero-order chi connectivity index (χ0) is 12.8. The van der Waals surface area contributed by atoms with E-state index in [2.05, 4.69) is 17.6 Å². The van der Waals surface area contributed by atoms with E-state index in [1.165, 1.54) is 44.9 Å². The van der Waals surface area contributed by atoms with Gasteiger partial charge in [-0.25, -0.2) is 0 Å². The Hall–Kier alpha value is -0.570. The summed E-state index contributed by atoms with van der Waals surface area (Å²) in [4.78, 5) is 12.0. The van der Waals surface area contributed by atoms with E-state index < -0.39 is 0 Å². The number of rotatable bonds is 4. The van der Waals surface area contributed by atoms with Crippen molar-refractivity contribution in [3.63, 3.8) is 0 Å². The van der Waals surface area contributed by atoms with Crippen LogP contribution in [0.25, 0.3) is 0 Å². The molecule has 104 valence electrons. The molecule has 2 N–H and O–H groups in total. The lowest BCUT2D eigenvalue weighted by Crippen LogP contribution is -2.47. The number of amides is 1. The fourth-order valence-corrected chi connectivity index (χ4v) is 3.29. The van der Waals surface area contributed by atoms with Crippen molar-refractivity contribution in [2.24, 2.45) is 11.8 Å². The highest BCUT2D eigenvalue weighted by atomic mass is 16.2. The van der Waals surface area contributed by atoms with Crippen molar-refractivity contribution in [2.75, 3.05) is 13.1 Å². The van der Waals surface area contributed by atoms with Crippen molar-refractivity contribution in [2.45, 2.75) is 64.3 Å². The van der Waals surface area contributed by atoms with E-state index >= 15 is 0 Å². The molecule has 1 saturated heterocycles. The Labute approximate surface area is 111 Å². The fourth-order valence-electron chi connectivity index (χ4n) is 3.29. The largest absolute Gasteiger partial charge is 0.354 e. The number of carbonyl (C=O) groups is 1. The van der Waals surface area contributed by atoms with Crippen molar-refractivity contribution < 1.29 is 4.79 Å². The van der Waals surface area contributed by atoms with Gasteiger partial charge in [0.05, 0.1) is 6.04 Å². The molecule has 0 aromatic rings. The standard InChI is InChI=1S/C15H28N2O/c1-2-12-6-8-13(9-7-12)11-17-15(18)14-5-3-4-10-16-14/h12-14,16H,2-11H2,1H3,(H,17,18)/t12?,13?,14-/m0/s1. The van der Waals surface area contributed by atoms with Crippen LogP contribution in [-0.2, 0) is 4.79 Å². The molecule has 0 radical (unpaired) electrons. The molecule has 2 rings (SSSR count). The van der Waals surface area contributed by atoms with Crippen LogP contribution < -0.4 is 10.6 Å². The lowest BCUT2D eigenvalue weighted by Gasteiger charge is -2.29. The monoisotopic (exact) mass is 252 g/mol. The van der Waals surface area contributed by atoms with Gasteiger partial charge in [0.25, 0.3) is 0 Å². The summed E-state index contributed by atoms with van der Waals surface area (Å²) in [6.45, 7) is 4.19. The van der Waals surface area contributed by atoms with Gasteiger partial charge in [-0.15, -0.1) is 0 Å². The molecule has 0 spiro atoms. The van der Waals surface area contributed by atoms with Crippen LogP contribution in [0.2, 0.25) is 0 Å². The van der Waals surface area contributed by atoms with Gasteiger partial charge < -0.3 is 10.6 Å². The van der Waals surface area contributed by atoms with Crippen LogP contribution in [0.3, 0.4) is 0 Å². The van der Waals surface area contributed by atoms with Crippen LogP contribution in [0.1, 0.15) is 58.3 Å². The molecule has 1 amide bonds. The molecule has 2 fully saturated rings. The molecule has 1 saturated carbocycles. The van der Waals surface area contributed by atoms with E-state index in [9.17, 15) is 4.79 Å². The Bertz CT molecular complexity index is 253. The lowest BCUT2D eigenvalue weighted by molar-refractivity contribution is -0.123. The zero-order valence-corrected chi connectivity index (χ0v) is 11.7. The molecule has 0 aromatic heterocycles. The Kier molecular flexibility index (Phi) is 5.48. The minimum atomic E-state index is 0.0748. The minimum Gasteiger partial charge on any atom is -0.354 e. The molecule has 2 aliphatic rings. The molecule has 1 atom stereocenters. The normalized spacial score (nSPS) is 33.1. The molecule has 1 aliphatic carbocycles. The second kappa shape index (κ2) is 7.13. The second-order valence-electron chi connectivity index (χ2n) is 6.04. The maximum atomic E-state index is 12.0. The molecular formula is C15H28N2O.